The first-order chi connectivity index (χ1) is 10.8. The molecule has 0 atom stereocenters. The fourth-order valence-electron chi connectivity index (χ4n) is 3.41. The summed E-state index contributed by atoms with van der Waals surface area (Å²) in [6, 6.07) is 0.563. The second-order valence-corrected chi connectivity index (χ2v) is 13.2. The van der Waals surface area contributed by atoms with Crippen molar-refractivity contribution in [2.45, 2.75) is 97.8 Å². The monoisotopic (exact) mass is 333 g/mol. The van der Waals surface area contributed by atoms with Crippen molar-refractivity contribution in [2.24, 2.45) is 0 Å². The Morgan fingerprint density at radius 2 is 1.78 bits per heavy atom. The first-order valence-corrected chi connectivity index (χ1v) is 13.2. The summed E-state index contributed by atoms with van der Waals surface area (Å²) in [6.45, 7) is 18.3. The van der Waals surface area contributed by atoms with E-state index in [1.54, 1.807) is 16.4 Å². The van der Waals surface area contributed by atoms with Gasteiger partial charge >= 0.3 is 0 Å². The molecule has 0 aliphatic carbocycles. The molecular weight excluding hydrogens is 294 g/mol. The first kappa shape index (κ1) is 20.3. The van der Waals surface area contributed by atoms with Gasteiger partial charge in [0.25, 0.3) is 0 Å². The number of hydrogen-bond acceptors (Lipinski definition) is 0. The Balaban J connectivity index is 3.13. The highest BCUT2D eigenvalue weighted by molar-refractivity contribution is 6.89. The normalized spacial score (nSPS) is 12.1. The molecule has 0 aromatic carbocycles. The quantitative estimate of drug-likeness (QED) is 0.256. The zero-order valence-corrected chi connectivity index (χ0v) is 17.5. The van der Waals surface area contributed by atoms with E-state index >= 15 is 0 Å². The van der Waals surface area contributed by atoms with E-state index < -0.39 is 8.07 Å². The summed E-state index contributed by atoms with van der Waals surface area (Å²) >= 11 is 0. The summed E-state index contributed by atoms with van der Waals surface area (Å²) in [5.74, 6) is 0. The third kappa shape index (κ3) is 5.98. The van der Waals surface area contributed by atoms with Crippen molar-refractivity contribution in [2.75, 3.05) is 0 Å². The van der Waals surface area contributed by atoms with Crippen LogP contribution in [0.5, 0.6) is 0 Å². The zero-order chi connectivity index (χ0) is 17.5. The Kier molecular flexibility index (Phi) is 8.39. The van der Waals surface area contributed by atoms with E-state index in [4.69, 9.17) is 0 Å². The second kappa shape index (κ2) is 9.51. The van der Waals surface area contributed by atoms with Gasteiger partial charge < -0.3 is 4.57 Å². The third-order valence-corrected chi connectivity index (χ3v) is 6.77. The minimum atomic E-state index is -1.29. The number of nitrogens with zero attached hydrogens (tertiary/aromatic N) is 1. The van der Waals surface area contributed by atoms with Gasteiger partial charge in [0.05, 0.1) is 8.07 Å². The second-order valence-electron chi connectivity index (χ2n) is 8.21. The fourth-order valence-corrected chi connectivity index (χ4v) is 5.12. The van der Waals surface area contributed by atoms with E-state index in [9.17, 15) is 0 Å². The molecule has 0 aliphatic heterocycles. The van der Waals surface area contributed by atoms with Crippen LogP contribution in [0.2, 0.25) is 19.6 Å². The van der Waals surface area contributed by atoms with Crippen LogP contribution in [0, 0.1) is 0 Å². The fraction of sp³-hybridized carbons (Fsp3) is 0.714. The van der Waals surface area contributed by atoms with E-state index in [0.717, 1.165) is 6.42 Å². The van der Waals surface area contributed by atoms with Crippen LogP contribution in [0.25, 0.3) is 0 Å². The van der Waals surface area contributed by atoms with Crippen molar-refractivity contribution in [3.8, 4) is 0 Å². The molecule has 23 heavy (non-hydrogen) atoms. The molecule has 1 heterocycles. The molecule has 0 aliphatic rings. The number of hydrogen-bond donors (Lipinski definition) is 0. The van der Waals surface area contributed by atoms with Gasteiger partial charge in [-0.25, -0.2) is 0 Å². The maximum absolute atomic E-state index is 3.89. The van der Waals surface area contributed by atoms with Crippen LogP contribution >= 0.6 is 0 Å². The minimum Gasteiger partial charge on any atom is -0.349 e. The van der Waals surface area contributed by atoms with Gasteiger partial charge in [-0.2, -0.15) is 0 Å². The van der Waals surface area contributed by atoms with E-state index in [1.807, 2.05) is 0 Å². The number of allylic oxidation sites excluding steroid dienone is 1. The number of aromatic nitrogens is 1. The Hall–Kier alpha value is -0.763. The lowest BCUT2D eigenvalue weighted by molar-refractivity contribution is 0.565. The lowest BCUT2D eigenvalue weighted by Gasteiger charge is -2.18. The first-order valence-electron chi connectivity index (χ1n) is 9.66. The highest BCUT2D eigenvalue weighted by atomic mass is 28.3. The molecule has 0 unspecified atom stereocenters. The van der Waals surface area contributed by atoms with Crippen LogP contribution < -0.4 is 5.19 Å². The SMILES string of the molecule is C=CCCCc1c(CCCCCC)c([Si](C)(C)C)cn1C(C)C. The van der Waals surface area contributed by atoms with Gasteiger partial charge in [0.1, 0.15) is 0 Å². The molecule has 0 saturated heterocycles. The van der Waals surface area contributed by atoms with E-state index in [-0.39, 0.29) is 0 Å². The highest BCUT2D eigenvalue weighted by Crippen LogP contribution is 2.23. The molecule has 0 radical (unpaired) electrons. The van der Waals surface area contributed by atoms with Gasteiger partial charge in [-0.15, -0.1) is 6.58 Å². The maximum Gasteiger partial charge on any atom is 0.0799 e. The van der Waals surface area contributed by atoms with Crippen molar-refractivity contribution in [3.05, 3.63) is 30.1 Å². The van der Waals surface area contributed by atoms with Crippen LogP contribution in [0.1, 0.15) is 76.6 Å². The molecular formula is C21H39NSi. The van der Waals surface area contributed by atoms with E-state index in [2.05, 4.69) is 63.8 Å². The van der Waals surface area contributed by atoms with Crippen LogP contribution in [0.3, 0.4) is 0 Å². The molecule has 132 valence electrons. The molecule has 0 bridgehead atoms. The number of unbranched alkanes of at least 4 members (excludes halogenated alkanes) is 4. The van der Waals surface area contributed by atoms with Gasteiger partial charge in [0, 0.05) is 17.9 Å². The Bertz CT molecular complexity index is 477. The van der Waals surface area contributed by atoms with Crippen molar-refractivity contribution in [1.29, 1.82) is 0 Å². The van der Waals surface area contributed by atoms with E-state index in [0.29, 0.717) is 6.04 Å². The summed E-state index contributed by atoms with van der Waals surface area (Å²) in [7, 11) is -1.29. The Morgan fingerprint density at radius 1 is 1.09 bits per heavy atom. The van der Waals surface area contributed by atoms with Crippen molar-refractivity contribution < 1.29 is 0 Å². The van der Waals surface area contributed by atoms with Gasteiger partial charge in [0.2, 0.25) is 0 Å². The lowest BCUT2D eigenvalue weighted by Crippen LogP contribution is -2.39. The van der Waals surface area contributed by atoms with Gasteiger partial charge in [-0.1, -0.05) is 51.9 Å². The number of rotatable bonds is 11. The van der Waals surface area contributed by atoms with Crippen molar-refractivity contribution in [3.63, 3.8) is 0 Å². The molecule has 1 aromatic heterocycles. The largest absolute Gasteiger partial charge is 0.349 e. The van der Waals surface area contributed by atoms with Crippen molar-refractivity contribution in [1.82, 2.24) is 4.57 Å². The average Bonchev–Trinajstić information content (AvgIpc) is 2.83. The van der Waals surface area contributed by atoms with E-state index in [1.165, 1.54) is 44.9 Å². The van der Waals surface area contributed by atoms with Gasteiger partial charge in [-0.3, -0.25) is 0 Å². The molecule has 0 spiro atoms. The standard InChI is InChI=1S/C21H39NSi/c1-8-10-12-14-15-19-20(16-13-11-9-2)22(18(3)4)17-21(19)23(5,6)7/h9,17-18H,2,8,10-16H2,1,3-7H3. The topological polar surface area (TPSA) is 4.93 Å². The summed E-state index contributed by atoms with van der Waals surface area (Å²) in [5, 5.41) is 1.70. The van der Waals surface area contributed by atoms with Crippen LogP contribution in [0.15, 0.2) is 18.9 Å². The van der Waals surface area contributed by atoms with Crippen LogP contribution in [-0.4, -0.2) is 12.6 Å². The van der Waals surface area contributed by atoms with Crippen molar-refractivity contribution >= 4 is 13.3 Å². The van der Waals surface area contributed by atoms with Gasteiger partial charge in [0.15, 0.2) is 0 Å². The molecule has 0 fully saturated rings. The summed E-state index contributed by atoms with van der Waals surface area (Å²) in [4.78, 5) is 0. The summed E-state index contributed by atoms with van der Waals surface area (Å²) < 4.78 is 2.58. The molecule has 1 nitrogen and oxygen atoms in total. The summed E-state index contributed by atoms with van der Waals surface area (Å²) in [5.41, 5.74) is 3.33. The summed E-state index contributed by atoms with van der Waals surface area (Å²) in [6.07, 6.45) is 14.8. The molecule has 0 N–H and O–H groups in total. The minimum absolute atomic E-state index is 0.563. The van der Waals surface area contributed by atoms with Crippen LogP contribution in [0.4, 0.5) is 0 Å². The highest BCUT2D eigenvalue weighted by Gasteiger charge is 2.26. The Labute approximate surface area is 146 Å². The molecule has 2 heteroatoms. The Morgan fingerprint density at radius 3 is 2.30 bits per heavy atom. The molecule has 0 amide bonds. The third-order valence-electron chi connectivity index (χ3n) is 4.72. The average molecular weight is 334 g/mol. The predicted molar refractivity (Wildman–Crippen MR) is 109 cm³/mol. The van der Waals surface area contributed by atoms with Gasteiger partial charge in [-0.05, 0) is 56.7 Å². The van der Waals surface area contributed by atoms with Crippen LogP contribution in [-0.2, 0) is 12.8 Å². The smallest absolute Gasteiger partial charge is 0.0799 e. The predicted octanol–water partition coefficient (Wildman–Crippen LogP) is 6.25. The molecule has 1 rings (SSSR count). The zero-order valence-electron chi connectivity index (χ0n) is 16.5. The maximum atomic E-state index is 3.89. The molecule has 0 saturated carbocycles. The lowest BCUT2D eigenvalue weighted by atomic mass is 10.0. The molecule has 1 aromatic rings.